The SMILES string of the molecule is Cc1cc(C)c(OCc2c(C)cccc2NC(=O)N(C)N(C)[NH3+])cc1C. The van der Waals surface area contributed by atoms with E-state index in [9.17, 15) is 4.79 Å². The molecule has 0 aliphatic heterocycles. The minimum Gasteiger partial charge on any atom is -0.489 e. The molecule has 0 heterocycles. The number of rotatable bonds is 5. The van der Waals surface area contributed by atoms with E-state index in [-0.39, 0.29) is 6.03 Å². The smallest absolute Gasteiger partial charge is 0.340 e. The standard InChI is InChI=1S/C20H28N4O2/c1-13-8-7-9-18(22-20(25)23(5)24(6)21)17(13)12-26-19-11-15(3)14(2)10-16(19)4/h7-11H,12,21H2,1-6H3,(H,22,25)/p+1. The van der Waals surface area contributed by atoms with Gasteiger partial charge in [0.1, 0.15) is 12.4 Å². The first-order valence-corrected chi connectivity index (χ1v) is 8.58. The van der Waals surface area contributed by atoms with Crippen molar-refractivity contribution in [3.05, 3.63) is 58.1 Å². The quantitative estimate of drug-likeness (QED) is 0.808. The molecule has 0 radical (unpaired) electrons. The fourth-order valence-electron chi connectivity index (χ4n) is 2.60. The van der Waals surface area contributed by atoms with Crippen LogP contribution < -0.4 is 15.9 Å². The Balaban J connectivity index is 2.22. The van der Waals surface area contributed by atoms with Crippen molar-refractivity contribution in [3.8, 4) is 5.75 Å². The molecule has 0 aliphatic carbocycles. The summed E-state index contributed by atoms with van der Waals surface area (Å²) in [6.07, 6.45) is 0. The van der Waals surface area contributed by atoms with Crippen molar-refractivity contribution in [1.82, 2.24) is 10.1 Å². The summed E-state index contributed by atoms with van der Waals surface area (Å²) in [4.78, 5) is 12.3. The molecule has 2 amide bonds. The largest absolute Gasteiger partial charge is 0.489 e. The monoisotopic (exact) mass is 357 g/mol. The van der Waals surface area contributed by atoms with Crippen LogP contribution in [0, 0.1) is 27.7 Å². The molecule has 2 aromatic rings. The Morgan fingerprint density at radius 1 is 1.04 bits per heavy atom. The number of benzene rings is 2. The molecule has 4 N–H and O–H groups in total. The number of ether oxygens (including phenoxy) is 1. The lowest BCUT2D eigenvalue weighted by atomic mass is 10.1. The summed E-state index contributed by atoms with van der Waals surface area (Å²) in [5.41, 5.74) is 6.31. The van der Waals surface area contributed by atoms with Crippen molar-refractivity contribution in [3.63, 3.8) is 0 Å². The molecule has 0 saturated heterocycles. The maximum Gasteiger partial charge on any atom is 0.340 e. The van der Waals surface area contributed by atoms with Crippen molar-refractivity contribution in [2.24, 2.45) is 0 Å². The van der Waals surface area contributed by atoms with Crippen molar-refractivity contribution in [2.75, 3.05) is 19.4 Å². The van der Waals surface area contributed by atoms with E-state index in [0.29, 0.717) is 6.61 Å². The first-order valence-electron chi connectivity index (χ1n) is 8.58. The summed E-state index contributed by atoms with van der Waals surface area (Å²) in [6, 6.07) is 9.75. The first kappa shape index (κ1) is 19.8. The lowest BCUT2D eigenvalue weighted by Crippen LogP contribution is -2.72. The number of hydrogen-bond acceptors (Lipinski definition) is 3. The molecule has 6 nitrogen and oxygen atoms in total. The molecule has 2 rings (SSSR count). The third kappa shape index (κ3) is 4.53. The summed E-state index contributed by atoms with van der Waals surface area (Å²) in [5.74, 6) is 4.58. The van der Waals surface area contributed by atoms with Crippen LogP contribution >= 0.6 is 0 Å². The van der Waals surface area contributed by atoms with Gasteiger partial charge in [0.05, 0.1) is 7.05 Å². The zero-order chi connectivity index (χ0) is 19.4. The second-order valence-electron chi connectivity index (χ2n) is 6.70. The Bertz CT molecular complexity index is 803. The van der Waals surface area contributed by atoms with Crippen LogP contribution in [0.25, 0.3) is 0 Å². The van der Waals surface area contributed by atoms with Crippen LogP contribution in [0.1, 0.15) is 27.8 Å². The van der Waals surface area contributed by atoms with E-state index >= 15 is 0 Å². The molecule has 0 saturated carbocycles. The van der Waals surface area contributed by atoms with E-state index in [0.717, 1.165) is 28.1 Å². The molecule has 0 atom stereocenters. The van der Waals surface area contributed by atoms with Gasteiger partial charge in [0.2, 0.25) is 0 Å². The third-order valence-corrected chi connectivity index (χ3v) is 4.62. The van der Waals surface area contributed by atoms with Gasteiger partial charge in [-0.25, -0.2) is 9.80 Å². The van der Waals surface area contributed by atoms with E-state index in [2.05, 4.69) is 37.1 Å². The van der Waals surface area contributed by atoms with Gasteiger partial charge >= 0.3 is 6.03 Å². The maximum atomic E-state index is 12.3. The molecular formula is C20H29N4O2+. The zero-order valence-electron chi connectivity index (χ0n) is 16.5. The van der Waals surface area contributed by atoms with Crippen molar-refractivity contribution >= 4 is 11.7 Å². The molecule has 140 valence electrons. The van der Waals surface area contributed by atoms with Gasteiger partial charge in [-0.2, -0.15) is 0 Å². The van der Waals surface area contributed by atoms with Crippen LogP contribution in [-0.4, -0.2) is 30.3 Å². The highest BCUT2D eigenvalue weighted by Gasteiger charge is 2.16. The molecule has 6 heteroatoms. The van der Waals surface area contributed by atoms with Crippen molar-refractivity contribution in [2.45, 2.75) is 34.3 Å². The number of carbonyl (C=O) groups is 1. The van der Waals surface area contributed by atoms with Crippen LogP contribution in [0.3, 0.4) is 0 Å². The fraction of sp³-hybridized carbons (Fsp3) is 0.350. The fourth-order valence-corrected chi connectivity index (χ4v) is 2.60. The summed E-state index contributed by atoms with van der Waals surface area (Å²) < 4.78 is 6.08. The Kier molecular flexibility index (Phi) is 6.23. The lowest BCUT2D eigenvalue weighted by molar-refractivity contribution is -0.610. The van der Waals surface area contributed by atoms with E-state index in [4.69, 9.17) is 4.74 Å². The molecule has 0 aromatic heterocycles. The average molecular weight is 357 g/mol. The normalized spacial score (nSPS) is 10.8. The van der Waals surface area contributed by atoms with Crippen LogP contribution in [-0.2, 0) is 6.61 Å². The minimum absolute atomic E-state index is 0.253. The molecule has 0 bridgehead atoms. The molecule has 0 unspecified atom stereocenters. The number of hydrogen-bond donors (Lipinski definition) is 2. The predicted octanol–water partition coefficient (Wildman–Crippen LogP) is 2.97. The molecule has 0 fully saturated rings. The second-order valence-corrected chi connectivity index (χ2v) is 6.70. The number of nitrogens with one attached hydrogen (secondary N) is 1. The number of nitrogens with zero attached hydrogens (tertiary/aromatic N) is 2. The van der Waals surface area contributed by atoms with Crippen LogP contribution in [0.2, 0.25) is 0 Å². The van der Waals surface area contributed by atoms with Crippen LogP contribution in [0.4, 0.5) is 10.5 Å². The summed E-state index contributed by atoms with van der Waals surface area (Å²) in [5, 5.41) is 5.80. The van der Waals surface area contributed by atoms with Crippen LogP contribution in [0.5, 0.6) is 5.75 Å². The third-order valence-electron chi connectivity index (χ3n) is 4.62. The number of quaternary nitrogens is 1. The topological polar surface area (TPSA) is 72.5 Å². The molecule has 2 aromatic carbocycles. The van der Waals surface area contributed by atoms with Gasteiger partial charge < -0.3 is 10.1 Å². The van der Waals surface area contributed by atoms with Gasteiger partial charge in [-0.15, -0.1) is 0 Å². The zero-order valence-corrected chi connectivity index (χ0v) is 16.5. The number of carbonyl (C=O) groups excluding carboxylic acids is 1. The Hall–Kier alpha value is -2.57. The highest BCUT2D eigenvalue weighted by Crippen LogP contribution is 2.26. The molecular weight excluding hydrogens is 328 g/mol. The van der Waals surface area contributed by atoms with Crippen molar-refractivity contribution < 1.29 is 15.4 Å². The van der Waals surface area contributed by atoms with E-state index < -0.39 is 0 Å². The summed E-state index contributed by atoms with van der Waals surface area (Å²) >= 11 is 0. The van der Waals surface area contributed by atoms with E-state index in [1.54, 1.807) is 14.1 Å². The van der Waals surface area contributed by atoms with Gasteiger partial charge in [0.25, 0.3) is 0 Å². The average Bonchev–Trinajstić information content (AvgIpc) is 2.57. The van der Waals surface area contributed by atoms with Crippen LogP contribution in [0.15, 0.2) is 30.3 Å². The van der Waals surface area contributed by atoms with E-state index in [1.165, 1.54) is 21.3 Å². The minimum atomic E-state index is -0.253. The van der Waals surface area contributed by atoms with Gasteiger partial charge in [0, 0.05) is 18.3 Å². The highest BCUT2D eigenvalue weighted by molar-refractivity contribution is 5.89. The van der Waals surface area contributed by atoms with Gasteiger partial charge in [-0.3, -0.25) is 5.84 Å². The highest BCUT2D eigenvalue weighted by atomic mass is 16.5. The Morgan fingerprint density at radius 2 is 1.69 bits per heavy atom. The van der Waals surface area contributed by atoms with Gasteiger partial charge in [-0.05, 0) is 62.1 Å². The second kappa shape index (κ2) is 8.21. The van der Waals surface area contributed by atoms with Gasteiger partial charge in [-0.1, -0.05) is 23.3 Å². The predicted molar refractivity (Wildman–Crippen MR) is 104 cm³/mol. The number of urea groups is 1. The molecule has 0 aliphatic rings. The molecule has 0 spiro atoms. The Labute approximate surface area is 155 Å². The number of hydrazine groups is 1. The molecule has 26 heavy (non-hydrogen) atoms. The Morgan fingerprint density at radius 3 is 2.35 bits per heavy atom. The van der Waals surface area contributed by atoms with E-state index in [1.807, 2.05) is 32.0 Å². The number of aryl methyl sites for hydroxylation is 4. The summed E-state index contributed by atoms with van der Waals surface area (Å²) in [7, 11) is 3.37. The summed E-state index contributed by atoms with van der Waals surface area (Å²) in [6.45, 7) is 8.61. The maximum absolute atomic E-state index is 12.3. The van der Waals surface area contributed by atoms with Crippen molar-refractivity contribution in [1.29, 1.82) is 0 Å². The van der Waals surface area contributed by atoms with Gasteiger partial charge in [0.15, 0.2) is 0 Å². The number of amides is 2. The first-order chi connectivity index (χ1) is 12.2. The lowest BCUT2D eigenvalue weighted by Gasteiger charge is -2.22. The number of anilines is 1.